The van der Waals surface area contributed by atoms with Crippen LogP contribution in [-0.4, -0.2) is 23.5 Å². The number of aliphatic carboxylic acids is 1. The molecule has 0 aliphatic carbocycles. The number of carbonyl (C=O) groups is 2. The third kappa shape index (κ3) is 5.73. The summed E-state index contributed by atoms with van der Waals surface area (Å²) in [5.41, 5.74) is 0. The fourth-order valence-electron chi connectivity index (χ4n) is 1.46. The second kappa shape index (κ2) is 8.13. The fourth-order valence-corrected chi connectivity index (χ4v) is 1.46. The van der Waals surface area contributed by atoms with Crippen molar-refractivity contribution in [2.24, 2.45) is 11.8 Å². The molecule has 0 aromatic heterocycles. The Hall–Kier alpha value is -1.06. The van der Waals surface area contributed by atoms with Crippen molar-refractivity contribution in [3.8, 4) is 0 Å². The number of carboxylic acids is 1. The molecule has 0 aliphatic rings. The van der Waals surface area contributed by atoms with E-state index in [1.165, 1.54) is 0 Å². The van der Waals surface area contributed by atoms with Gasteiger partial charge < -0.3 is 10.4 Å². The lowest BCUT2D eigenvalue weighted by Crippen LogP contribution is -2.35. The van der Waals surface area contributed by atoms with Crippen molar-refractivity contribution < 1.29 is 14.7 Å². The molecule has 0 bridgehead atoms. The second-order valence-electron chi connectivity index (χ2n) is 4.23. The maximum absolute atomic E-state index is 11.7. The summed E-state index contributed by atoms with van der Waals surface area (Å²) in [6, 6.07) is 0. The molecule has 4 heteroatoms. The van der Waals surface area contributed by atoms with Crippen LogP contribution in [0.5, 0.6) is 0 Å². The first-order valence-electron chi connectivity index (χ1n) is 6.03. The number of unbranched alkanes of at least 4 members (excludes halogenated alkanes) is 1. The summed E-state index contributed by atoms with van der Waals surface area (Å²) in [4.78, 5) is 22.3. The Kier molecular flexibility index (Phi) is 7.60. The lowest BCUT2D eigenvalue weighted by Gasteiger charge is -2.15. The van der Waals surface area contributed by atoms with E-state index in [0.717, 1.165) is 25.7 Å². The zero-order valence-corrected chi connectivity index (χ0v) is 10.5. The Morgan fingerprint density at radius 2 is 1.94 bits per heavy atom. The Balaban J connectivity index is 3.96. The minimum absolute atomic E-state index is 0.0101. The van der Waals surface area contributed by atoms with Gasteiger partial charge in [0.25, 0.3) is 0 Å². The van der Waals surface area contributed by atoms with Crippen molar-refractivity contribution in [2.45, 2.75) is 46.5 Å². The third-order valence-corrected chi connectivity index (χ3v) is 2.77. The minimum atomic E-state index is -0.873. The minimum Gasteiger partial charge on any atom is -0.481 e. The van der Waals surface area contributed by atoms with Crippen LogP contribution in [0, 0.1) is 11.8 Å². The first-order chi connectivity index (χ1) is 7.52. The molecule has 0 saturated heterocycles. The van der Waals surface area contributed by atoms with Crippen LogP contribution in [-0.2, 0) is 9.59 Å². The number of carboxylic acid groups (broad SMARTS) is 1. The highest BCUT2D eigenvalue weighted by molar-refractivity contribution is 5.79. The maximum atomic E-state index is 11.7. The molecular weight excluding hydrogens is 206 g/mol. The molecule has 0 aliphatic heterocycles. The molecule has 0 spiro atoms. The molecule has 94 valence electrons. The predicted molar refractivity (Wildman–Crippen MR) is 63.1 cm³/mol. The van der Waals surface area contributed by atoms with Crippen LogP contribution < -0.4 is 5.32 Å². The Labute approximate surface area is 97.4 Å². The van der Waals surface area contributed by atoms with Gasteiger partial charge in [-0.05, 0) is 12.8 Å². The topological polar surface area (TPSA) is 66.4 Å². The van der Waals surface area contributed by atoms with Crippen LogP contribution in [0.15, 0.2) is 0 Å². The van der Waals surface area contributed by atoms with Gasteiger partial charge in [-0.2, -0.15) is 0 Å². The third-order valence-electron chi connectivity index (χ3n) is 2.77. The fraction of sp³-hybridized carbons (Fsp3) is 0.833. The predicted octanol–water partition coefficient (Wildman–Crippen LogP) is 2.04. The standard InChI is InChI=1S/C12H23NO3/c1-4-6-7-10(5-2)11(14)13-8-9(3)12(15)16/h9-10H,4-8H2,1-3H3,(H,13,14)(H,15,16). The summed E-state index contributed by atoms with van der Waals surface area (Å²) < 4.78 is 0. The van der Waals surface area contributed by atoms with Gasteiger partial charge in [0.05, 0.1) is 5.92 Å². The monoisotopic (exact) mass is 229 g/mol. The molecule has 0 saturated carbocycles. The first kappa shape index (κ1) is 14.9. The van der Waals surface area contributed by atoms with Crippen LogP contribution in [0.3, 0.4) is 0 Å². The van der Waals surface area contributed by atoms with E-state index in [4.69, 9.17) is 5.11 Å². The molecular formula is C12H23NO3. The van der Waals surface area contributed by atoms with E-state index < -0.39 is 11.9 Å². The highest BCUT2D eigenvalue weighted by Crippen LogP contribution is 2.12. The molecule has 2 atom stereocenters. The van der Waals surface area contributed by atoms with Crippen LogP contribution in [0.2, 0.25) is 0 Å². The molecule has 0 rings (SSSR count). The summed E-state index contributed by atoms with van der Waals surface area (Å²) in [5.74, 6) is -1.38. The summed E-state index contributed by atoms with van der Waals surface area (Å²) in [6.07, 6.45) is 3.82. The molecule has 1 amide bonds. The molecule has 4 nitrogen and oxygen atoms in total. The van der Waals surface area contributed by atoms with E-state index in [-0.39, 0.29) is 18.4 Å². The summed E-state index contributed by atoms with van der Waals surface area (Å²) in [5, 5.41) is 11.4. The lowest BCUT2D eigenvalue weighted by atomic mass is 9.98. The van der Waals surface area contributed by atoms with Gasteiger partial charge in [0, 0.05) is 12.5 Å². The number of hydrogen-bond donors (Lipinski definition) is 2. The van der Waals surface area contributed by atoms with Crippen LogP contribution in [0.1, 0.15) is 46.5 Å². The summed E-state index contributed by atoms with van der Waals surface area (Å²) in [7, 11) is 0. The van der Waals surface area contributed by atoms with E-state index in [2.05, 4.69) is 12.2 Å². The van der Waals surface area contributed by atoms with Crippen molar-refractivity contribution in [3.05, 3.63) is 0 Å². The molecule has 2 N–H and O–H groups in total. The largest absolute Gasteiger partial charge is 0.481 e. The molecule has 0 radical (unpaired) electrons. The highest BCUT2D eigenvalue weighted by atomic mass is 16.4. The zero-order valence-electron chi connectivity index (χ0n) is 10.5. The Morgan fingerprint density at radius 1 is 1.31 bits per heavy atom. The Bertz CT molecular complexity index is 228. The number of rotatable bonds is 8. The number of hydrogen-bond acceptors (Lipinski definition) is 2. The molecule has 0 heterocycles. The highest BCUT2D eigenvalue weighted by Gasteiger charge is 2.17. The van der Waals surface area contributed by atoms with Crippen molar-refractivity contribution in [3.63, 3.8) is 0 Å². The molecule has 16 heavy (non-hydrogen) atoms. The van der Waals surface area contributed by atoms with Gasteiger partial charge in [-0.1, -0.05) is 33.6 Å². The Morgan fingerprint density at radius 3 is 2.38 bits per heavy atom. The summed E-state index contributed by atoms with van der Waals surface area (Å²) in [6.45, 7) is 5.89. The smallest absolute Gasteiger partial charge is 0.308 e. The molecule has 0 fully saturated rings. The quantitative estimate of drug-likeness (QED) is 0.669. The van der Waals surface area contributed by atoms with Crippen LogP contribution in [0.25, 0.3) is 0 Å². The van der Waals surface area contributed by atoms with Gasteiger partial charge in [-0.15, -0.1) is 0 Å². The maximum Gasteiger partial charge on any atom is 0.308 e. The first-order valence-corrected chi connectivity index (χ1v) is 6.03. The molecule has 2 unspecified atom stereocenters. The number of carbonyl (C=O) groups excluding carboxylic acids is 1. The van der Waals surface area contributed by atoms with E-state index in [1.807, 2.05) is 6.92 Å². The molecule has 0 aromatic carbocycles. The average molecular weight is 229 g/mol. The SMILES string of the molecule is CCCCC(CC)C(=O)NCC(C)C(=O)O. The van der Waals surface area contributed by atoms with Crippen molar-refractivity contribution >= 4 is 11.9 Å². The van der Waals surface area contributed by atoms with E-state index in [0.29, 0.717) is 0 Å². The van der Waals surface area contributed by atoms with E-state index in [9.17, 15) is 9.59 Å². The van der Waals surface area contributed by atoms with Crippen LogP contribution >= 0.6 is 0 Å². The van der Waals surface area contributed by atoms with Gasteiger partial charge in [-0.25, -0.2) is 0 Å². The average Bonchev–Trinajstić information content (AvgIpc) is 2.26. The zero-order chi connectivity index (χ0) is 12.6. The van der Waals surface area contributed by atoms with Gasteiger partial charge in [0.15, 0.2) is 0 Å². The van der Waals surface area contributed by atoms with Gasteiger partial charge in [-0.3, -0.25) is 9.59 Å². The number of nitrogens with one attached hydrogen (secondary N) is 1. The van der Waals surface area contributed by atoms with Crippen molar-refractivity contribution in [2.75, 3.05) is 6.54 Å². The van der Waals surface area contributed by atoms with E-state index in [1.54, 1.807) is 6.92 Å². The lowest BCUT2D eigenvalue weighted by molar-refractivity contribution is -0.141. The normalized spacial score (nSPS) is 14.2. The van der Waals surface area contributed by atoms with E-state index >= 15 is 0 Å². The van der Waals surface area contributed by atoms with Gasteiger partial charge in [0.2, 0.25) is 5.91 Å². The number of amides is 1. The van der Waals surface area contributed by atoms with Gasteiger partial charge >= 0.3 is 5.97 Å². The van der Waals surface area contributed by atoms with Gasteiger partial charge in [0.1, 0.15) is 0 Å². The second-order valence-corrected chi connectivity index (χ2v) is 4.23. The summed E-state index contributed by atoms with van der Waals surface area (Å²) >= 11 is 0. The molecule has 0 aromatic rings. The van der Waals surface area contributed by atoms with Crippen molar-refractivity contribution in [1.82, 2.24) is 5.32 Å². The van der Waals surface area contributed by atoms with Crippen LogP contribution in [0.4, 0.5) is 0 Å². The van der Waals surface area contributed by atoms with Crippen molar-refractivity contribution in [1.29, 1.82) is 0 Å².